The average molecular weight is 300 g/mol. The van der Waals surface area contributed by atoms with Crippen LogP contribution in [0.1, 0.15) is 10.4 Å². The van der Waals surface area contributed by atoms with Crippen molar-refractivity contribution in [2.24, 2.45) is 0 Å². The van der Waals surface area contributed by atoms with Gasteiger partial charge in [-0.15, -0.1) is 0 Å². The van der Waals surface area contributed by atoms with E-state index in [1.807, 2.05) is 24.3 Å². The van der Waals surface area contributed by atoms with Gasteiger partial charge in [-0.25, -0.2) is 0 Å². The molecule has 0 spiro atoms. The maximum Gasteiger partial charge on any atom is 0.254 e. The molecule has 1 amide bonds. The number of benzene rings is 1. The summed E-state index contributed by atoms with van der Waals surface area (Å²) in [6.07, 6.45) is 2.38. The Bertz CT molecular complexity index is 672. The van der Waals surface area contributed by atoms with Gasteiger partial charge in [0.2, 0.25) is 0 Å². The first kappa shape index (κ1) is 14.2. The summed E-state index contributed by atoms with van der Waals surface area (Å²) in [5, 5.41) is 11.0. The number of aromatic nitrogens is 1. The summed E-state index contributed by atoms with van der Waals surface area (Å²) in [4.78, 5) is 13.9. The molecule has 0 saturated carbocycles. The average Bonchev–Trinajstić information content (AvgIpc) is 2.55. The maximum atomic E-state index is 12.3. The standard InChI is InChI=1S/C16H16N2O4/c1-17(16(19)12-6-8-18(20)9-7-12)10-13-11-21-14-4-2-3-5-15(14)22-13/h2-9,13H,10-11H2,1H3. The van der Waals surface area contributed by atoms with Crippen LogP contribution in [0.4, 0.5) is 0 Å². The monoisotopic (exact) mass is 300 g/mol. The molecule has 22 heavy (non-hydrogen) atoms. The molecule has 0 fully saturated rings. The third kappa shape index (κ3) is 2.95. The van der Waals surface area contributed by atoms with E-state index >= 15 is 0 Å². The van der Waals surface area contributed by atoms with E-state index in [2.05, 4.69) is 0 Å². The fraction of sp³-hybridized carbons (Fsp3) is 0.250. The highest BCUT2D eigenvalue weighted by molar-refractivity contribution is 5.93. The van der Waals surface area contributed by atoms with Crippen LogP contribution in [0.25, 0.3) is 0 Å². The molecule has 1 atom stereocenters. The molecular weight excluding hydrogens is 284 g/mol. The molecule has 2 aromatic rings. The second-order valence-corrected chi connectivity index (χ2v) is 5.13. The van der Waals surface area contributed by atoms with Crippen molar-refractivity contribution in [2.75, 3.05) is 20.2 Å². The molecule has 2 heterocycles. The van der Waals surface area contributed by atoms with Crippen LogP contribution >= 0.6 is 0 Å². The summed E-state index contributed by atoms with van der Waals surface area (Å²) in [5.74, 6) is 1.24. The molecule has 3 rings (SSSR count). The van der Waals surface area contributed by atoms with Gasteiger partial charge < -0.3 is 19.6 Å². The molecule has 114 valence electrons. The predicted molar refractivity (Wildman–Crippen MR) is 78.7 cm³/mol. The van der Waals surface area contributed by atoms with E-state index in [0.717, 1.165) is 5.75 Å². The van der Waals surface area contributed by atoms with Crippen molar-refractivity contribution >= 4 is 5.91 Å². The molecule has 0 radical (unpaired) electrons. The lowest BCUT2D eigenvalue weighted by molar-refractivity contribution is -0.605. The van der Waals surface area contributed by atoms with E-state index in [-0.39, 0.29) is 12.0 Å². The molecule has 0 bridgehead atoms. The molecule has 1 aliphatic rings. The number of carbonyl (C=O) groups excluding carboxylic acids is 1. The topological polar surface area (TPSA) is 65.7 Å². The summed E-state index contributed by atoms with van der Waals surface area (Å²) in [6.45, 7) is 0.795. The lowest BCUT2D eigenvalue weighted by atomic mass is 10.2. The van der Waals surface area contributed by atoms with Gasteiger partial charge in [0.25, 0.3) is 5.91 Å². The van der Waals surface area contributed by atoms with Crippen molar-refractivity contribution in [3.63, 3.8) is 0 Å². The van der Waals surface area contributed by atoms with Crippen LogP contribution < -0.4 is 14.2 Å². The SMILES string of the molecule is CN(CC1COc2ccccc2O1)C(=O)c1cc[n+]([O-])cc1. The normalized spacial score (nSPS) is 16.1. The lowest BCUT2D eigenvalue weighted by Crippen LogP contribution is -2.42. The largest absolute Gasteiger partial charge is 0.619 e. The Morgan fingerprint density at radius 2 is 1.95 bits per heavy atom. The van der Waals surface area contributed by atoms with Crippen molar-refractivity contribution in [1.29, 1.82) is 0 Å². The molecule has 6 heteroatoms. The Labute approximate surface area is 128 Å². The van der Waals surface area contributed by atoms with Crippen LogP contribution in [0.2, 0.25) is 0 Å². The van der Waals surface area contributed by atoms with Gasteiger partial charge in [0, 0.05) is 19.2 Å². The number of hydrogen-bond donors (Lipinski definition) is 0. The van der Waals surface area contributed by atoms with E-state index in [1.54, 1.807) is 11.9 Å². The molecule has 1 aromatic heterocycles. The van der Waals surface area contributed by atoms with Crippen molar-refractivity contribution in [3.05, 3.63) is 59.6 Å². The number of hydrogen-bond acceptors (Lipinski definition) is 4. The minimum absolute atomic E-state index is 0.164. The van der Waals surface area contributed by atoms with E-state index in [4.69, 9.17) is 9.47 Å². The first-order valence-corrected chi connectivity index (χ1v) is 6.96. The van der Waals surface area contributed by atoms with Gasteiger partial charge in [-0.3, -0.25) is 4.79 Å². The Hall–Kier alpha value is -2.76. The summed E-state index contributed by atoms with van der Waals surface area (Å²) >= 11 is 0. The van der Waals surface area contributed by atoms with Crippen LogP contribution in [0, 0.1) is 5.21 Å². The Kier molecular flexibility index (Phi) is 3.82. The van der Waals surface area contributed by atoms with Crippen LogP contribution in [-0.4, -0.2) is 37.1 Å². The van der Waals surface area contributed by atoms with E-state index in [0.29, 0.717) is 29.2 Å². The van der Waals surface area contributed by atoms with Gasteiger partial charge in [0.1, 0.15) is 6.61 Å². The zero-order valence-electron chi connectivity index (χ0n) is 12.1. The first-order chi connectivity index (χ1) is 10.6. The maximum absolute atomic E-state index is 12.3. The van der Waals surface area contributed by atoms with E-state index in [1.165, 1.54) is 24.5 Å². The van der Waals surface area contributed by atoms with Crippen molar-refractivity contribution in [2.45, 2.75) is 6.10 Å². The van der Waals surface area contributed by atoms with Crippen molar-refractivity contribution < 1.29 is 19.0 Å². The minimum atomic E-state index is -0.225. The molecular formula is C16H16N2O4. The molecule has 1 aromatic carbocycles. The molecule has 0 aliphatic carbocycles. The highest BCUT2D eigenvalue weighted by atomic mass is 16.6. The number of pyridine rings is 1. The molecule has 1 aliphatic heterocycles. The number of rotatable bonds is 3. The fourth-order valence-electron chi connectivity index (χ4n) is 2.32. The Morgan fingerprint density at radius 3 is 2.68 bits per heavy atom. The number of ether oxygens (including phenoxy) is 2. The number of amides is 1. The van der Waals surface area contributed by atoms with Gasteiger partial charge in [0.05, 0.1) is 12.1 Å². The zero-order chi connectivity index (χ0) is 15.5. The highest BCUT2D eigenvalue weighted by Crippen LogP contribution is 2.30. The number of carbonyl (C=O) groups is 1. The molecule has 1 unspecified atom stereocenters. The summed E-state index contributed by atoms with van der Waals surface area (Å²) < 4.78 is 12.1. The smallest absolute Gasteiger partial charge is 0.254 e. The van der Waals surface area contributed by atoms with Gasteiger partial charge >= 0.3 is 0 Å². The van der Waals surface area contributed by atoms with E-state index < -0.39 is 0 Å². The van der Waals surface area contributed by atoms with Gasteiger partial charge in [-0.05, 0) is 12.1 Å². The van der Waals surface area contributed by atoms with Crippen molar-refractivity contribution in [3.8, 4) is 11.5 Å². The second kappa shape index (κ2) is 5.93. The van der Waals surface area contributed by atoms with Gasteiger partial charge in [-0.1, -0.05) is 12.1 Å². The van der Waals surface area contributed by atoms with E-state index in [9.17, 15) is 10.0 Å². The quantitative estimate of drug-likeness (QED) is 0.632. The lowest BCUT2D eigenvalue weighted by Gasteiger charge is -2.29. The zero-order valence-corrected chi connectivity index (χ0v) is 12.1. The van der Waals surface area contributed by atoms with Crippen LogP contribution in [0.5, 0.6) is 11.5 Å². The van der Waals surface area contributed by atoms with Gasteiger partial charge in [0.15, 0.2) is 30.0 Å². The summed E-state index contributed by atoms with van der Waals surface area (Å²) in [5.41, 5.74) is 0.465. The molecule has 0 saturated heterocycles. The molecule has 0 N–H and O–H groups in total. The third-order valence-electron chi connectivity index (χ3n) is 3.44. The number of fused-ring (bicyclic) bond motifs is 1. The fourth-order valence-corrected chi connectivity index (χ4v) is 2.32. The third-order valence-corrected chi connectivity index (χ3v) is 3.44. The minimum Gasteiger partial charge on any atom is -0.619 e. The number of nitrogens with zero attached hydrogens (tertiary/aromatic N) is 2. The van der Waals surface area contributed by atoms with Crippen LogP contribution in [0.3, 0.4) is 0 Å². The van der Waals surface area contributed by atoms with Crippen LogP contribution in [-0.2, 0) is 0 Å². The van der Waals surface area contributed by atoms with Crippen LogP contribution in [0.15, 0.2) is 48.8 Å². The van der Waals surface area contributed by atoms with Crippen molar-refractivity contribution in [1.82, 2.24) is 4.90 Å². The Morgan fingerprint density at radius 1 is 1.27 bits per heavy atom. The first-order valence-electron chi connectivity index (χ1n) is 6.96. The summed E-state index contributed by atoms with van der Waals surface area (Å²) in [7, 11) is 1.70. The summed E-state index contributed by atoms with van der Waals surface area (Å²) in [6, 6.07) is 10.5. The Balaban J connectivity index is 1.64. The molecule has 6 nitrogen and oxygen atoms in total. The predicted octanol–water partition coefficient (Wildman–Crippen LogP) is 1.23. The number of para-hydroxylation sites is 2. The number of likely N-dealkylation sites (N-methyl/N-ethyl adjacent to an activating group) is 1. The second-order valence-electron chi connectivity index (χ2n) is 5.13. The highest BCUT2D eigenvalue weighted by Gasteiger charge is 2.24. The van der Waals surface area contributed by atoms with Gasteiger partial charge in [-0.2, -0.15) is 4.73 Å².